The summed E-state index contributed by atoms with van der Waals surface area (Å²) < 4.78 is 0. The zero-order chi connectivity index (χ0) is 9.47. The molecular weight excluding hydrogens is 164 g/mol. The fraction of sp³-hybridized carbons (Fsp3) is 0.273. The van der Waals surface area contributed by atoms with Gasteiger partial charge in [-0.25, -0.2) is 0 Å². The van der Waals surface area contributed by atoms with E-state index < -0.39 is 5.60 Å². The van der Waals surface area contributed by atoms with Crippen molar-refractivity contribution in [3.8, 4) is 18.1 Å². The van der Waals surface area contributed by atoms with Crippen LogP contribution in [0.5, 0.6) is 5.75 Å². The number of aromatic hydroxyl groups is 1. The lowest BCUT2D eigenvalue weighted by molar-refractivity contribution is 0.103. The third-order valence-corrected chi connectivity index (χ3v) is 2.57. The van der Waals surface area contributed by atoms with Gasteiger partial charge in [-0.1, -0.05) is 18.1 Å². The van der Waals surface area contributed by atoms with Gasteiger partial charge in [0.25, 0.3) is 0 Å². The van der Waals surface area contributed by atoms with Crippen LogP contribution >= 0.6 is 0 Å². The number of hydrogen-bond donors (Lipinski definition) is 2. The van der Waals surface area contributed by atoms with Gasteiger partial charge in [-0.15, -0.1) is 6.42 Å². The van der Waals surface area contributed by atoms with Crippen LogP contribution in [-0.4, -0.2) is 10.2 Å². The van der Waals surface area contributed by atoms with E-state index in [2.05, 4.69) is 5.92 Å². The third-order valence-electron chi connectivity index (χ3n) is 2.57. The Morgan fingerprint density at radius 1 is 1.46 bits per heavy atom. The van der Waals surface area contributed by atoms with Crippen molar-refractivity contribution in [2.24, 2.45) is 0 Å². The van der Waals surface area contributed by atoms with E-state index in [9.17, 15) is 10.2 Å². The number of hydrogen-bond acceptors (Lipinski definition) is 2. The Hall–Kier alpha value is -1.46. The van der Waals surface area contributed by atoms with Gasteiger partial charge in [0.05, 0.1) is 0 Å². The molecular formula is C11H10O2. The number of aliphatic hydroxyl groups is 1. The molecule has 66 valence electrons. The summed E-state index contributed by atoms with van der Waals surface area (Å²) >= 11 is 0. The Balaban J connectivity index is 2.63. The lowest BCUT2D eigenvalue weighted by Gasteiger charge is -2.16. The molecule has 13 heavy (non-hydrogen) atoms. The Morgan fingerprint density at radius 3 is 2.92 bits per heavy atom. The van der Waals surface area contributed by atoms with E-state index >= 15 is 0 Å². The van der Waals surface area contributed by atoms with Gasteiger partial charge in [-0.05, 0) is 18.9 Å². The van der Waals surface area contributed by atoms with Crippen LogP contribution in [0.25, 0.3) is 0 Å². The van der Waals surface area contributed by atoms with Crippen molar-refractivity contribution in [1.82, 2.24) is 0 Å². The largest absolute Gasteiger partial charge is 0.508 e. The number of fused-ring (bicyclic) bond motifs is 1. The molecule has 0 saturated heterocycles. The summed E-state index contributed by atoms with van der Waals surface area (Å²) in [6.45, 7) is 0. The second-order valence-electron chi connectivity index (χ2n) is 3.31. The SMILES string of the molecule is C#CC1(O)CCc2c(O)cccc21. The van der Waals surface area contributed by atoms with Crippen molar-refractivity contribution >= 4 is 0 Å². The van der Waals surface area contributed by atoms with Gasteiger partial charge in [0, 0.05) is 11.1 Å². The van der Waals surface area contributed by atoms with E-state index in [1.807, 2.05) is 0 Å². The Bertz CT molecular complexity index is 390. The normalized spacial score (nSPS) is 25.2. The summed E-state index contributed by atoms with van der Waals surface area (Å²) in [5.74, 6) is 2.59. The third kappa shape index (κ3) is 1.01. The van der Waals surface area contributed by atoms with Crippen LogP contribution in [0.4, 0.5) is 0 Å². The molecule has 0 radical (unpaired) electrons. The molecule has 0 aliphatic heterocycles. The highest BCUT2D eigenvalue weighted by Gasteiger charge is 2.35. The summed E-state index contributed by atoms with van der Waals surface area (Å²) in [5, 5.41) is 19.4. The van der Waals surface area contributed by atoms with E-state index in [0.29, 0.717) is 18.4 Å². The van der Waals surface area contributed by atoms with Crippen molar-refractivity contribution in [2.75, 3.05) is 0 Å². The maximum atomic E-state index is 9.93. The average molecular weight is 174 g/mol. The minimum absolute atomic E-state index is 0.226. The minimum atomic E-state index is -1.17. The number of phenols is 1. The van der Waals surface area contributed by atoms with Gasteiger partial charge in [0.2, 0.25) is 0 Å². The number of rotatable bonds is 0. The summed E-state index contributed by atoms with van der Waals surface area (Å²) in [6.07, 6.45) is 6.39. The Morgan fingerprint density at radius 2 is 2.23 bits per heavy atom. The molecule has 1 aliphatic rings. The van der Waals surface area contributed by atoms with Crippen molar-refractivity contribution in [3.05, 3.63) is 29.3 Å². The predicted molar refractivity (Wildman–Crippen MR) is 49.2 cm³/mol. The molecule has 0 aromatic heterocycles. The molecule has 0 amide bonds. The summed E-state index contributed by atoms with van der Waals surface area (Å²) in [6, 6.07) is 5.07. The van der Waals surface area contributed by atoms with Gasteiger partial charge in [0.15, 0.2) is 5.60 Å². The van der Waals surface area contributed by atoms with Gasteiger partial charge in [-0.3, -0.25) is 0 Å². The summed E-state index contributed by atoms with van der Waals surface area (Å²) in [5.41, 5.74) is 0.284. The van der Waals surface area contributed by atoms with Gasteiger partial charge < -0.3 is 10.2 Å². The van der Waals surface area contributed by atoms with Crippen molar-refractivity contribution in [1.29, 1.82) is 0 Å². The summed E-state index contributed by atoms with van der Waals surface area (Å²) in [7, 11) is 0. The van der Waals surface area contributed by atoms with Crippen LogP contribution < -0.4 is 0 Å². The molecule has 2 N–H and O–H groups in total. The maximum Gasteiger partial charge on any atom is 0.151 e. The summed E-state index contributed by atoms with van der Waals surface area (Å²) in [4.78, 5) is 0. The molecule has 0 bridgehead atoms. The van der Waals surface area contributed by atoms with Crippen molar-refractivity contribution in [2.45, 2.75) is 18.4 Å². The first-order valence-electron chi connectivity index (χ1n) is 4.19. The second kappa shape index (κ2) is 2.51. The first-order chi connectivity index (χ1) is 6.17. The van der Waals surface area contributed by atoms with Crippen molar-refractivity contribution < 1.29 is 10.2 Å². The molecule has 0 heterocycles. The van der Waals surface area contributed by atoms with Gasteiger partial charge >= 0.3 is 0 Å². The van der Waals surface area contributed by atoms with E-state index in [-0.39, 0.29) is 5.75 Å². The van der Waals surface area contributed by atoms with Gasteiger partial charge in [0.1, 0.15) is 5.75 Å². The molecule has 1 unspecified atom stereocenters. The fourth-order valence-electron chi connectivity index (χ4n) is 1.82. The maximum absolute atomic E-state index is 9.93. The highest BCUT2D eigenvalue weighted by molar-refractivity contribution is 5.49. The quantitative estimate of drug-likeness (QED) is 0.579. The van der Waals surface area contributed by atoms with Crippen LogP contribution in [0.2, 0.25) is 0 Å². The van der Waals surface area contributed by atoms with Crippen LogP contribution in [0, 0.1) is 12.3 Å². The first kappa shape index (κ1) is 8.15. The fourth-order valence-corrected chi connectivity index (χ4v) is 1.82. The first-order valence-corrected chi connectivity index (χ1v) is 4.19. The molecule has 1 aromatic rings. The molecule has 2 rings (SSSR count). The molecule has 1 aliphatic carbocycles. The molecule has 0 spiro atoms. The van der Waals surface area contributed by atoms with Crippen LogP contribution in [-0.2, 0) is 12.0 Å². The number of phenolic OH excluding ortho intramolecular Hbond substituents is 1. The standard InChI is InChI=1S/C11H10O2/c1-2-11(13)7-6-8-9(11)4-3-5-10(8)12/h1,3-5,12-13H,6-7H2. The highest BCUT2D eigenvalue weighted by atomic mass is 16.3. The van der Waals surface area contributed by atoms with E-state index in [4.69, 9.17) is 6.42 Å². The van der Waals surface area contributed by atoms with Crippen LogP contribution in [0.1, 0.15) is 17.5 Å². The molecule has 0 fully saturated rings. The van der Waals surface area contributed by atoms with Gasteiger partial charge in [-0.2, -0.15) is 0 Å². The lowest BCUT2D eigenvalue weighted by atomic mass is 9.97. The monoisotopic (exact) mass is 174 g/mol. The Labute approximate surface area is 76.8 Å². The van der Waals surface area contributed by atoms with E-state index in [0.717, 1.165) is 5.56 Å². The van der Waals surface area contributed by atoms with E-state index in [1.165, 1.54) is 0 Å². The smallest absolute Gasteiger partial charge is 0.151 e. The average Bonchev–Trinajstić information content (AvgIpc) is 2.47. The zero-order valence-electron chi connectivity index (χ0n) is 7.12. The minimum Gasteiger partial charge on any atom is -0.508 e. The van der Waals surface area contributed by atoms with Crippen LogP contribution in [0.15, 0.2) is 18.2 Å². The zero-order valence-corrected chi connectivity index (χ0v) is 7.12. The molecule has 1 aromatic carbocycles. The van der Waals surface area contributed by atoms with Crippen LogP contribution in [0.3, 0.4) is 0 Å². The topological polar surface area (TPSA) is 40.5 Å². The lowest BCUT2D eigenvalue weighted by Crippen LogP contribution is -2.18. The predicted octanol–water partition coefficient (Wildman–Crippen LogP) is 1.16. The molecule has 0 saturated carbocycles. The molecule has 2 heteroatoms. The second-order valence-corrected chi connectivity index (χ2v) is 3.31. The molecule has 2 nitrogen and oxygen atoms in total. The van der Waals surface area contributed by atoms with E-state index in [1.54, 1.807) is 18.2 Å². The number of terminal acetylenes is 1. The number of benzene rings is 1. The molecule has 1 atom stereocenters. The highest BCUT2D eigenvalue weighted by Crippen LogP contribution is 2.40. The van der Waals surface area contributed by atoms with Crippen molar-refractivity contribution in [3.63, 3.8) is 0 Å². The Kier molecular flexibility index (Phi) is 1.58.